The molecule has 0 fully saturated rings. The monoisotopic (exact) mass is 317 g/mol. The Morgan fingerprint density at radius 2 is 2.07 bits per heavy atom. The van der Waals surface area contributed by atoms with Crippen molar-refractivity contribution in [3.63, 3.8) is 0 Å². The quantitative estimate of drug-likeness (QED) is 0.383. The number of ether oxygens (including phenoxy) is 1. The zero-order chi connectivity index (χ0) is 11.1. The van der Waals surface area contributed by atoms with Crippen LogP contribution in [0.25, 0.3) is 0 Å². The van der Waals surface area contributed by atoms with Crippen LogP contribution >= 0.6 is 22.6 Å². The molecule has 1 unspecified atom stereocenters. The average molecular weight is 317 g/mol. The van der Waals surface area contributed by atoms with Crippen LogP contribution in [0.1, 0.15) is 24.8 Å². The molecule has 82 valence electrons. The molecule has 0 bridgehead atoms. The topological polar surface area (TPSA) is 33.1 Å². The molecule has 0 saturated heterocycles. The Morgan fingerprint density at radius 3 is 2.60 bits per heavy atom. The summed E-state index contributed by atoms with van der Waals surface area (Å²) in [5, 5.41) is 7.86. The van der Waals surface area contributed by atoms with Crippen molar-refractivity contribution in [2.45, 2.75) is 19.3 Å². The molecule has 0 aliphatic heterocycles. The predicted octanol–water partition coefficient (Wildman–Crippen LogP) is 3.61. The molecule has 0 heterocycles. The zero-order valence-corrected chi connectivity index (χ0v) is 11.0. The minimum atomic E-state index is 0.114. The molecule has 0 aliphatic rings. The molecule has 0 radical (unpaired) electrons. The van der Waals surface area contributed by atoms with E-state index in [1.165, 1.54) is 5.56 Å². The first-order valence-corrected chi connectivity index (χ1v) is 6.64. The predicted molar refractivity (Wildman–Crippen MR) is 72.0 cm³/mol. The molecule has 3 heteroatoms. The third-order valence-corrected chi connectivity index (χ3v) is 2.84. The highest BCUT2D eigenvalue weighted by molar-refractivity contribution is 14.1. The minimum absolute atomic E-state index is 0.114. The first kappa shape index (κ1) is 12.5. The molecule has 15 heavy (non-hydrogen) atoms. The van der Waals surface area contributed by atoms with E-state index in [0.29, 0.717) is 12.5 Å². The highest BCUT2D eigenvalue weighted by atomic mass is 127. The van der Waals surface area contributed by atoms with Gasteiger partial charge < -0.3 is 4.74 Å². The lowest BCUT2D eigenvalue weighted by Gasteiger charge is -2.17. The zero-order valence-electron chi connectivity index (χ0n) is 8.87. The van der Waals surface area contributed by atoms with Gasteiger partial charge in [-0.1, -0.05) is 52.9 Å². The lowest BCUT2D eigenvalue weighted by molar-refractivity contribution is 0.307. The highest BCUT2D eigenvalue weighted by Crippen LogP contribution is 2.22. The number of nitrogens with one attached hydrogen (secondary N) is 1. The van der Waals surface area contributed by atoms with Gasteiger partial charge in [0.2, 0.25) is 0 Å². The standard InChI is InChI=1S/C12H16INO/c1-2-15-12(14)11(8-9-13)10-6-4-3-5-7-10/h3-7,11,14H,2,8-9H2,1H3. The minimum Gasteiger partial charge on any atom is -0.481 e. The van der Waals surface area contributed by atoms with Crippen molar-refractivity contribution in [1.82, 2.24) is 0 Å². The van der Waals surface area contributed by atoms with Gasteiger partial charge in [0, 0.05) is 4.43 Å². The number of alkyl halides is 1. The molecule has 0 amide bonds. The van der Waals surface area contributed by atoms with Gasteiger partial charge in [-0.05, 0) is 18.9 Å². The van der Waals surface area contributed by atoms with Gasteiger partial charge in [0.15, 0.2) is 5.90 Å². The van der Waals surface area contributed by atoms with Crippen molar-refractivity contribution in [2.75, 3.05) is 11.0 Å². The van der Waals surface area contributed by atoms with Crippen molar-refractivity contribution in [3.05, 3.63) is 35.9 Å². The molecular weight excluding hydrogens is 301 g/mol. The second kappa shape index (κ2) is 6.82. The van der Waals surface area contributed by atoms with Gasteiger partial charge >= 0.3 is 0 Å². The van der Waals surface area contributed by atoms with Crippen molar-refractivity contribution in [2.24, 2.45) is 0 Å². The Bertz CT molecular complexity index is 300. The Labute approximate surface area is 105 Å². The normalized spacial score (nSPS) is 12.1. The highest BCUT2D eigenvalue weighted by Gasteiger charge is 2.17. The molecule has 1 N–H and O–H groups in total. The van der Waals surface area contributed by atoms with Crippen LogP contribution in [0.2, 0.25) is 0 Å². The van der Waals surface area contributed by atoms with E-state index in [9.17, 15) is 0 Å². The van der Waals surface area contributed by atoms with Crippen LogP contribution in [-0.4, -0.2) is 16.9 Å². The number of hydrogen-bond donors (Lipinski definition) is 1. The summed E-state index contributed by atoms with van der Waals surface area (Å²) < 4.78 is 6.33. The van der Waals surface area contributed by atoms with Crippen molar-refractivity contribution < 1.29 is 4.74 Å². The van der Waals surface area contributed by atoms with Gasteiger partial charge in [0.25, 0.3) is 0 Å². The van der Waals surface area contributed by atoms with Gasteiger partial charge in [-0.25, -0.2) is 0 Å². The van der Waals surface area contributed by atoms with Crippen LogP contribution in [0.15, 0.2) is 30.3 Å². The van der Waals surface area contributed by atoms with Gasteiger partial charge in [0.1, 0.15) is 0 Å². The van der Waals surface area contributed by atoms with E-state index in [1.807, 2.05) is 25.1 Å². The Morgan fingerprint density at radius 1 is 1.40 bits per heavy atom. The molecule has 0 aliphatic carbocycles. The summed E-state index contributed by atoms with van der Waals surface area (Å²) in [6.45, 7) is 2.49. The molecule has 1 rings (SSSR count). The van der Waals surface area contributed by atoms with Crippen molar-refractivity contribution >= 4 is 28.5 Å². The van der Waals surface area contributed by atoms with E-state index in [0.717, 1.165) is 10.8 Å². The van der Waals surface area contributed by atoms with Crippen LogP contribution in [0.3, 0.4) is 0 Å². The average Bonchev–Trinajstić information content (AvgIpc) is 2.27. The Balaban J connectivity index is 2.78. The molecule has 1 atom stereocenters. The van der Waals surface area contributed by atoms with E-state index in [2.05, 4.69) is 34.7 Å². The summed E-state index contributed by atoms with van der Waals surface area (Å²) in [5.41, 5.74) is 1.17. The van der Waals surface area contributed by atoms with E-state index in [1.54, 1.807) is 0 Å². The summed E-state index contributed by atoms with van der Waals surface area (Å²) in [4.78, 5) is 0. The summed E-state index contributed by atoms with van der Waals surface area (Å²) in [6.07, 6.45) is 0.962. The second-order valence-corrected chi connectivity index (χ2v) is 4.32. The molecule has 1 aromatic carbocycles. The number of rotatable bonds is 5. The number of benzene rings is 1. The first-order valence-electron chi connectivity index (χ1n) is 5.11. The van der Waals surface area contributed by atoms with Crippen LogP contribution in [-0.2, 0) is 4.74 Å². The maximum absolute atomic E-state index is 7.86. The molecule has 0 aromatic heterocycles. The third kappa shape index (κ3) is 3.81. The van der Waals surface area contributed by atoms with Gasteiger partial charge in [-0.2, -0.15) is 0 Å². The summed E-state index contributed by atoms with van der Waals surface area (Å²) in [5.74, 6) is 0.503. The smallest absolute Gasteiger partial charge is 0.188 e. The fourth-order valence-corrected chi connectivity index (χ4v) is 2.12. The largest absolute Gasteiger partial charge is 0.481 e. The Kier molecular flexibility index (Phi) is 5.68. The van der Waals surface area contributed by atoms with E-state index in [-0.39, 0.29) is 5.92 Å². The maximum Gasteiger partial charge on any atom is 0.188 e. The van der Waals surface area contributed by atoms with Gasteiger partial charge in [0.05, 0.1) is 12.5 Å². The molecule has 2 nitrogen and oxygen atoms in total. The summed E-state index contributed by atoms with van der Waals surface area (Å²) in [6, 6.07) is 10.1. The van der Waals surface area contributed by atoms with Crippen molar-refractivity contribution in [1.29, 1.82) is 5.41 Å². The van der Waals surface area contributed by atoms with E-state index >= 15 is 0 Å². The summed E-state index contributed by atoms with van der Waals surface area (Å²) in [7, 11) is 0. The summed E-state index contributed by atoms with van der Waals surface area (Å²) >= 11 is 2.34. The van der Waals surface area contributed by atoms with Crippen LogP contribution in [0.5, 0.6) is 0 Å². The first-order chi connectivity index (χ1) is 7.29. The lowest BCUT2D eigenvalue weighted by atomic mass is 9.96. The van der Waals surface area contributed by atoms with Crippen LogP contribution in [0, 0.1) is 5.41 Å². The van der Waals surface area contributed by atoms with E-state index < -0.39 is 0 Å². The molecule has 0 spiro atoms. The molecular formula is C12H16INO. The number of halogens is 1. The van der Waals surface area contributed by atoms with E-state index in [4.69, 9.17) is 10.1 Å². The Hall–Kier alpha value is -0.580. The van der Waals surface area contributed by atoms with Crippen LogP contribution < -0.4 is 0 Å². The second-order valence-electron chi connectivity index (χ2n) is 3.24. The maximum atomic E-state index is 7.86. The lowest BCUT2D eigenvalue weighted by Crippen LogP contribution is -2.15. The van der Waals surface area contributed by atoms with Crippen LogP contribution in [0.4, 0.5) is 0 Å². The van der Waals surface area contributed by atoms with Gasteiger partial charge in [-0.3, -0.25) is 5.41 Å². The molecule has 0 saturated carbocycles. The fraction of sp³-hybridized carbons (Fsp3) is 0.417. The number of hydrogen-bond acceptors (Lipinski definition) is 2. The SMILES string of the molecule is CCOC(=N)C(CCI)c1ccccc1. The molecule has 1 aromatic rings. The van der Waals surface area contributed by atoms with Crippen molar-refractivity contribution in [3.8, 4) is 0 Å². The third-order valence-electron chi connectivity index (χ3n) is 2.22. The fourth-order valence-electron chi connectivity index (χ4n) is 1.50. The van der Waals surface area contributed by atoms with Gasteiger partial charge in [-0.15, -0.1) is 0 Å².